The Hall–Kier alpha value is 1.09. The topological polar surface area (TPSA) is 155 Å². The van der Waals surface area contributed by atoms with Gasteiger partial charge in [0.1, 0.15) is 0 Å². The fourth-order valence-electron chi connectivity index (χ4n) is 0.613. The number of hydrogen-bond donors (Lipinski definition) is 0. The van der Waals surface area contributed by atoms with E-state index in [1.54, 1.807) is 0 Å². The van der Waals surface area contributed by atoms with Gasteiger partial charge in [-0.05, 0) is 0 Å². The summed E-state index contributed by atoms with van der Waals surface area (Å²) in [6.07, 6.45) is -10.3. The molecule has 0 radical (unpaired) electrons. The van der Waals surface area contributed by atoms with Crippen LogP contribution in [0.25, 0.3) is 0 Å². The Morgan fingerprint density at radius 3 is 1.73 bits per heavy atom. The van der Waals surface area contributed by atoms with Crippen molar-refractivity contribution in [1.82, 2.24) is 0 Å². The molecular weight excluding hydrogens is 329 g/mol. The van der Waals surface area contributed by atoms with Crippen molar-refractivity contribution in [2.24, 2.45) is 0 Å². The third-order valence-corrected chi connectivity index (χ3v) is 1.39. The molecule has 0 amide bonds. The van der Waals surface area contributed by atoms with Crippen LogP contribution in [0.1, 0.15) is 0 Å². The molecule has 7 nitrogen and oxygen atoms in total. The number of carboxylic acid groups (broad SMARTS) is 1. The van der Waals surface area contributed by atoms with Gasteiger partial charge < -0.3 is 35.4 Å². The van der Waals surface area contributed by atoms with Crippen molar-refractivity contribution in [1.29, 1.82) is 0 Å². The summed E-state index contributed by atoms with van der Waals surface area (Å²) >= 11 is 0. The van der Waals surface area contributed by atoms with Crippen LogP contribution in [0, 0.1) is 0 Å². The van der Waals surface area contributed by atoms with E-state index in [0.29, 0.717) is 0 Å². The first-order valence-electron chi connectivity index (χ1n) is 3.34. The van der Waals surface area contributed by atoms with E-state index in [9.17, 15) is 35.4 Å². The van der Waals surface area contributed by atoms with E-state index < -0.39 is 37.0 Å². The predicted molar refractivity (Wildman–Crippen MR) is 30.8 cm³/mol. The fourth-order valence-corrected chi connectivity index (χ4v) is 0.613. The molecule has 0 rings (SSSR count). The first-order chi connectivity index (χ1) is 5.91. The first-order valence-corrected chi connectivity index (χ1v) is 3.34. The van der Waals surface area contributed by atoms with Gasteiger partial charge in [-0.1, -0.05) is 6.10 Å². The minimum absolute atomic E-state index is 0. The molecule has 0 bridgehead atoms. The minimum Gasteiger partial charge on any atom is -0.855 e. The van der Waals surface area contributed by atoms with E-state index in [1.807, 2.05) is 0 Å². The average molecular weight is 335 g/mol. The molecular formula is C6H6NaO7Sb. The zero-order chi connectivity index (χ0) is 10.6. The number of carbonyl (C=O) groups excluding carboxylic acids is 1. The van der Waals surface area contributed by atoms with Gasteiger partial charge in [-0.25, -0.2) is 0 Å². The van der Waals surface area contributed by atoms with E-state index in [-0.39, 0.29) is 54.0 Å². The molecule has 0 saturated carbocycles. The third-order valence-electron chi connectivity index (χ3n) is 1.39. The first kappa shape index (κ1) is 21.4. The summed E-state index contributed by atoms with van der Waals surface area (Å²) in [7, 11) is 0. The molecule has 78 valence electrons. The van der Waals surface area contributed by atoms with Crippen LogP contribution in [0.15, 0.2) is 0 Å². The molecule has 4 atom stereocenters. The number of carbonyl (C=O) groups is 1. The Morgan fingerprint density at radius 2 is 1.47 bits per heavy atom. The molecule has 15 heavy (non-hydrogen) atoms. The Kier molecular flexibility index (Phi) is 14.6. The van der Waals surface area contributed by atoms with Gasteiger partial charge in [-0.3, -0.25) is 0 Å². The van der Waals surface area contributed by atoms with Gasteiger partial charge in [0, 0.05) is 5.97 Å². The molecule has 0 aromatic rings. The molecule has 0 aliphatic rings. The molecule has 0 aliphatic carbocycles. The van der Waals surface area contributed by atoms with Crippen LogP contribution in [-0.4, -0.2) is 61.4 Å². The van der Waals surface area contributed by atoms with E-state index in [4.69, 9.17) is 0 Å². The number of aliphatic carboxylic acids is 1. The standard InChI is InChI=1S/C6H7O7.Na.Sb/c7-1-2(8)3(9)4(10)5(11)6(12)13;;/h2-5H,1H2,(H,12,13);;/q-5;+1;+5/p-1/t2-,3-,4+,5-;;/m0../s1. The average Bonchev–Trinajstić information content (AvgIpc) is 2.12. The van der Waals surface area contributed by atoms with Gasteiger partial charge in [0.25, 0.3) is 0 Å². The van der Waals surface area contributed by atoms with E-state index in [1.165, 1.54) is 0 Å². The summed E-state index contributed by atoms with van der Waals surface area (Å²) in [5, 5.41) is 61.6. The van der Waals surface area contributed by atoms with Crippen LogP contribution in [0.2, 0.25) is 0 Å². The Morgan fingerprint density at radius 1 is 1.07 bits per heavy atom. The third kappa shape index (κ3) is 7.09. The summed E-state index contributed by atoms with van der Waals surface area (Å²) in [5.74, 6) is -2.24. The monoisotopic (exact) mass is 334 g/mol. The normalized spacial score (nSPS) is 17.7. The van der Waals surface area contributed by atoms with E-state index in [2.05, 4.69) is 0 Å². The zero-order valence-corrected chi connectivity index (χ0v) is 12.4. The van der Waals surface area contributed by atoms with Crippen molar-refractivity contribution < 1.29 is 65.0 Å². The number of carboxylic acids is 1. The van der Waals surface area contributed by atoms with Crippen molar-refractivity contribution in [3.63, 3.8) is 0 Å². The number of hydrogen-bond acceptors (Lipinski definition) is 7. The van der Waals surface area contributed by atoms with Gasteiger partial charge in [-0.15, -0.1) is 6.10 Å². The molecule has 0 spiro atoms. The smallest absolute Gasteiger partial charge is 0.855 e. The van der Waals surface area contributed by atoms with Gasteiger partial charge in [0.2, 0.25) is 0 Å². The summed E-state index contributed by atoms with van der Waals surface area (Å²) in [6.45, 7) is -1.35. The van der Waals surface area contributed by atoms with Crippen molar-refractivity contribution in [3.8, 4) is 0 Å². The zero-order valence-electron chi connectivity index (χ0n) is 7.82. The summed E-state index contributed by atoms with van der Waals surface area (Å²) in [4.78, 5) is 9.81. The minimum atomic E-state index is -2.80. The molecule has 9 heteroatoms. The summed E-state index contributed by atoms with van der Waals surface area (Å²) in [6, 6.07) is 0. The molecule has 0 unspecified atom stereocenters. The van der Waals surface area contributed by atoms with Crippen molar-refractivity contribution in [2.75, 3.05) is 6.61 Å². The summed E-state index contributed by atoms with van der Waals surface area (Å²) in [5.41, 5.74) is 0. The molecule has 0 aromatic heterocycles. The van der Waals surface area contributed by atoms with Crippen LogP contribution < -0.4 is 60.2 Å². The van der Waals surface area contributed by atoms with Crippen molar-refractivity contribution in [2.45, 2.75) is 24.4 Å². The molecule has 0 heterocycles. The van der Waals surface area contributed by atoms with Crippen molar-refractivity contribution in [3.05, 3.63) is 0 Å². The van der Waals surface area contributed by atoms with Gasteiger partial charge in [0.15, 0.2) is 0 Å². The largest absolute Gasteiger partial charge is 5.00 e. The Labute approximate surface area is 125 Å². The fraction of sp³-hybridized carbons (Fsp3) is 0.833. The van der Waals surface area contributed by atoms with Gasteiger partial charge >= 0.3 is 54.0 Å². The number of rotatable bonds is 5. The summed E-state index contributed by atoms with van der Waals surface area (Å²) < 4.78 is 0. The Bertz CT molecular complexity index is 181. The second-order valence-corrected chi connectivity index (χ2v) is 2.37. The van der Waals surface area contributed by atoms with E-state index >= 15 is 0 Å². The van der Waals surface area contributed by atoms with Crippen LogP contribution >= 0.6 is 0 Å². The molecule has 0 N–H and O–H groups in total. The molecule has 0 aromatic carbocycles. The maximum atomic E-state index is 10.6. The van der Waals surface area contributed by atoms with Gasteiger partial charge in [-0.2, -0.15) is 18.8 Å². The van der Waals surface area contributed by atoms with Crippen LogP contribution in [0.5, 0.6) is 0 Å². The molecule has 0 saturated heterocycles. The van der Waals surface area contributed by atoms with Gasteiger partial charge in [0.05, 0.1) is 0 Å². The van der Waals surface area contributed by atoms with Crippen LogP contribution in [0.4, 0.5) is 0 Å². The SMILES string of the molecule is O=C([O-])[C@@H]([O-])[C@H]([O-])[C@@H]([O-])[C@@H]([O-])C[O-].[Na+].[Sb+5]. The predicted octanol–water partition coefficient (Wildman–Crippen LogP) is -11.4. The second-order valence-electron chi connectivity index (χ2n) is 2.37. The maximum absolute atomic E-state index is 10.6. The second kappa shape index (κ2) is 10.3. The van der Waals surface area contributed by atoms with E-state index in [0.717, 1.165) is 0 Å². The Balaban J connectivity index is -0.000000720. The maximum Gasteiger partial charge on any atom is 5.00 e. The quantitative estimate of drug-likeness (QED) is 0.452. The van der Waals surface area contributed by atoms with Crippen LogP contribution in [0.3, 0.4) is 0 Å². The van der Waals surface area contributed by atoms with Crippen LogP contribution in [-0.2, 0) is 4.79 Å². The molecule has 0 fully saturated rings. The molecule has 0 aliphatic heterocycles. The van der Waals surface area contributed by atoms with Crippen molar-refractivity contribution >= 4 is 30.4 Å².